The molecule has 5 heteroatoms. The average Bonchev–Trinajstić information content (AvgIpc) is 2.87. The molecule has 0 saturated heterocycles. The van der Waals surface area contributed by atoms with Gasteiger partial charge in [-0.05, 0) is 62.5 Å². The van der Waals surface area contributed by atoms with Crippen LogP contribution in [0, 0.1) is 0 Å². The van der Waals surface area contributed by atoms with Gasteiger partial charge in [-0.25, -0.2) is 0 Å². The van der Waals surface area contributed by atoms with Gasteiger partial charge in [0.05, 0.1) is 0 Å². The lowest BCUT2D eigenvalue weighted by Gasteiger charge is -2.57. The highest BCUT2D eigenvalue weighted by Gasteiger charge is 2.63. The first kappa shape index (κ1) is 25.7. The lowest BCUT2D eigenvalue weighted by Crippen LogP contribution is -2.61. The van der Waals surface area contributed by atoms with E-state index in [4.69, 9.17) is 13.6 Å². The minimum atomic E-state index is -2.22. The number of ether oxygens (including phenoxy) is 1. The van der Waals surface area contributed by atoms with Gasteiger partial charge in [0.2, 0.25) is 0 Å². The second kappa shape index (κ2) is 9.41. The van der Waals surface area contributed by atoms with E-state index in [1.54, 1.807) is 0 Å². The van der Waals surface area contributed by atoms with Gasteiger partial charge in [0.25, 0.3) is 0 Å². The van der Waals surface area contributed by atoms with Gasteiger partial charge >= 0.3 is 0 Å². The van der Waals surface area contributed by atoms with Gasteiger partial charge in [-0.1, -0.05) is 97.1 Å². The van der Waals surface area contributed by atoms with E-state index in [9.17, 15) is 0 Å². The first-order chi connectivity index (χ1) is 17.6. The zero-order chi connectivity index (χ0) is 26.3. The van der Waals surface area contributed by atoms with Crippen molar-refractivity contribution >= 4 is 16.6 Å². The third-order valence-corrected chi connectivity index (χ3v) is 8.36. The van der Waals surface area contributed by atoms with Crippen LogP contribution in [0.15, 0.2) is 109 Å². The summed E-state index contributed by atoms with van der Waals surface area (Å²) in [6.07, 6.45) is 0. The van der Waals surface area contributed by atoms with Gasteiger partial charge in [0.1, 0.15) is 17.1 Å². The summed E-state index contributed by atoms with van der Waals surface area (Å²) < 4.78 is 21.7. The summed E-state index contributed by atoms with van der Waals surface area (Å²) in [6.45, 7) is 13.5. The normalized spacial score (nSPS) is 14.9. The van der Waals surface area contributed by atoms with Crippen LogP contribution in [0.25, 0.3) is 0 Å². The summed E-state index contributed by atoms with van der Waals surface area (Å²) in [6, 6.07) is 37.8. The molecule has 190 valence electrons. The van der Waals surface area contributed by atoms with Crippen molar-refractivity contribution in [3.8, 4) is 11.5 Å². The van der Waals surface area contributed by atoms with E-state index in [1.165, 1.54) is 0 Å². The molecule has 37 heavy (non-hydrogen) atoms. The van der Waals surface area contributed by atoms with E-state index in [-0.39, 0.29) is 0 Å². The second-order valence-electron chi connectivity index (χ2n) is 11.6. The van der Waals surface area contributed by atoms with Crippen LogP contribution >= 0.6 is 0 Å². The van der Waals surface area contributed by atoms with Crippen LogP contribution in [-0.2, 0) is 20.1 Å². The Morgan fingerprint density at radius 2 is 0.946 bits per heavy atom. The third-order valence-electron chi connectivity index (χ3n) is 6.53. The molecule has 1 aliphatic rings. The Kier molecular flexibility index (Phi) is 6.53. The highest BCUT2D eigenvalue weighted by molar-refractivity contribution is 6.70. The topological polar surface area (TPSA) is 27.7 Å². The maximum Gasteiger partial charge on any atom is 0.185 e. The molecule has 0 aromatic heterocycles. The fourth-order valence-electron chi connectivity index (χ4n) is 5.54. The van der Waals surface area contributed by atoms with Gasteiger partial charge < -0.3 is 13.6 Å². The van der Waals surface area contributed by atoms with Gasteiger partial charge in [0, 0.05) is 11.1 Å². The SMILES string of the molecule is C[Si](C)(C)OC(c1ccccc1)(c1ccccc1)C1(O[Si](C)(C)C)c2ccccc2Oc2ccccc21. The van der Waals surface area contributed by atoms with Crippen LogP contribution < -0.4 is 4.74 Å². The molecular formula is C32H36O3Si2. The number of hydrogen-bond acceptors (Lipinski definition) is 3. The molecule has 4 aromatic carbocycles. The minimum absolute atomic E-state index is 0.801. The summed E-state index contributed by atoms with van der Waals surface area (Å²) in [5.41, 5.74) is 2.13. The molecule has 1 aliphatic heterocycles. The zero-order valence-corrected chi connectivity index (χ0v) is 24.6. The molecular weight excluding hydrogens is 489 g/mol. The third kappa shape index (κ3) is 4.51. The first-order valence-electron chi connectivity index (χ1n) is 13.0. The maximum absolute atomic E-state index is 7.60. The van der Waals surface area contributed by atoms with Crippen molar-refractivity contribution in [1.82, 2.24) is 0 Å². The fraction of sp³-hybridized carbons (Fsp3) is 0.250. The Balaban J connectivity index is 2.04. The molecule has 0 spiro atoms. The van der Waals surface area contributed by atoms with Crippen molar-refractivity contribution in [2.75, 3.05) is 0 Å². The highest BCUT2D eigenvalue weighted by Crippen LogP contribution is 2.62. The van der Waals surface area contributed by atoms with Crippen LogP contribution in [0.1, 0.15) is 22.3 Å². The Labute approximate surface area is 223 Å². The van der Waals surface area contributed by atoms with E-state index in [1.807, 2.05) is 24.3 Å². The summed E-state index contributed by atoms with van der Waals surface area (Å²) in [5, 5.41) is 0. The van der Waals surface area contributed by atoms with Gasteiger partial charge in [-0.2, -0.15) is 0 Å². The summed E-state index contributed by atoms with van der Waals surface area (Å²) in [7, 11) is -4.44. The standard InChI is InChI=1S/C32H36O3Si2/c1-36(2,3)34-31(25-17-9-7-10-18-25,26-19-11-8-12-20-26)32(35-37(4,5)6)27-21-13-15-23-29(27)33-30-24-16-14-22-28(30)32/h7-24H,1-6H3. The van der Waals surface area contributed by atoms with E-state index >= 15 is 0 Å². The minimum Gasteiger partial charge on any atom is -0.457 e. The smallest absolute Gasteiger partial charge is 0.185 e. The quantitative estimate of drug-likeness (QED) is 0.226. The van der Waals surface area contributed by atoms with Crippen molar-refractivity contribution in [2.24, 2.45) is 0 Å². The first-order valence-corrected chi connectivity index (χ1v) is 19.8. The van der Waals surface area contributed by atoms with Gasteiger partial charge in [-0.15, -0.1) is 0 Å². The maximum atomic E-state index is 7.60. The van der Waals surface area contributed by atoms with Crippen LogP contribution in [0.3, 0.4) is 0 Å². The fourth-order valence-corrected chi connectivity index (χ4v) is 8.13. The molecule has 0 atom stereocenters. The Hall–Kier alpha value is -2.97. The van der Waals surface area contributed by atoms with Crippen molar-refractivity contribution in [3.63, 3.8) is 0 Å². The number of benzene rings is 4. The predicted molar refractivity (Wildman–Crippen MR) is 156 cm³/mol. The lowest BCUT2D eigenvalue weighted by atomic mass is 9.65. The van der Waals surface area contributed by atoms with Crippen LogP contribution in [0.2, 0.25) is 39.3 Å². The average molecular weight is 525 g/mol. The van der Waals surface area contributed by atoms with Crippen molar-refractivity contribution in [3.05, 3.63) is 131 Å². The molecule has 5 rings (SSSR count). The van der Waals surface area contributed by atoms with Gasteiger partial charge in [-0.3, -0.25) is 0 Å². The monoisotopic (exact) mass is 524 g/mol. The van der Waals surface area contributed by atoms with Crippen molar-refractivity contribution in [2.45, 2.75) is 50.5 Å². The van der Waals surface area contributed by atoms with Crippen LogP contribution in [0.5, 0.6) is 11.5 Å². The molecule has 0 aliphatic carbocycles. The Morgan fingerprint density at radius 1 is 0.541 bits per heavy atom. The summed E-state index contributed by atoms with van der Waals surface area (Å²) in [4.78, 5) is 0. The second-order valence-corrected chi connectivity index (χ2v) is 20.5. The number of hydrogen-bond donors (Lipinski definition) is 0. The van der Waals surface area contributed by atoms with E-state index in [2.05, 4.69) is 124 Å². The van der Waals surface area contributed by atoms with E-state index in [0.717, 1.165) is 33.8 Å². The molecule has 1 heterocycles. The highest BCUT2D eigenvalue weighted by atomic mass is 28.4. The van der Waals surface area contributed by atoms with Crippen molar-refractivity contribution < 1.29 is 13.6 Å². The molecule has 0 saturated carbocycles. The van der Waals surface area contributed by atoms with Crippen molar-refractivity contribution in [1.29, 1.82) is 0 Å². The Morgan fingerprint density at radius 3 is 1.35 bits per heavy atom. The van der Waals surface area contributed by atoms with Gasteiger partial charge in [0.15, 0.2) is 22.2 Å². The molecule has 0 fully saturated rings. The summed E-state index contributed by atoms with van der Waals surface area (Å²) >= 11 is 0. The van der Waals surface area contributed by atoms with Crippen LogP contribution in [0.4, 0.5) is 0 Å². The van der Waals surface area contributed by atoms with Crippen LogP contribution in [-0.4, -0.2) is 16.6 Å². The molecule has 0 radical (unpaired) electrons. The zero-order valence-electron chi connectivity index (χ0n) is 22.6. The molecule has 0 N–H and O–H groups in total. The molecule has 0 unspecified atom stereocenters. The van der Waals surface area contributed by atoms with E-state index in [0.29, 0.717) is 0 Å². The predicted octanol–water partition coefficient (Wildman–Crippen LogP) is 8.68. The Bertz CT molecular complexity index is 1290. The molecule has 3 nitrogen and oxygen atoms in total. The number of fused-ring (bicyclic) bond motifs is 2. The number of para-hydroxylation sites is 2. The number of rotatable bonds is 7. The molecule has 0 amide bonds. The van der Waals surface area contributed by atoms with E-state index < -0.39 is 27.8 Å². The molecule has 4 aromatic rings. The molecule has 0 bridgehead atoms. The largest absolute Gasteiger partial charge is 0.457 e. The summed E-state index contributed by atoms with van der Waals surface area (Å²) in [5.74, 6) is 1.60. The lowest BCUT2D eigenvalue weighted by molar-refractivity contribution is -0.0924.